The summed E-state index contributed by atoms with van der Waals surface area (Å²) in [6.07, 6.45) is 1.63. The van der Waals surface area contributed by atoms with Gasteiger partial charge in [0, 0.05) is 16.7 Å². The fourth-order valence-corrected chi connectivity index (χ4v) is 5.40. The summed E-state index contributed by atoms with van der Waals surface area (Å²) in [5.74, 6) is -0.574. The molecule has 1 aliphatic heterocycles. The van der Waals surface area contributed by atoms with Crippen LogP contribution >= 0.6 is 22.9 Å². The maximum atomic E-state index is 13.7. The topological polar surface area (TPSA) is 111 Å². The van der Waals surface area contributed by atoms with Gasteiger partial charge in [0.05, 0.1) is 34.0 Å². The Balaban J connectivity index is 1.59. The molecule has 2 aromatic carbocycles. The average molecular weight is 549 g/mol. The highest BCUT2D eigenvalue weighted by atomic mass is 35.5. The van der Waals surface area contributed by atoms with Crippen LogP contribution in [0.25, 0.3) is 17.4 Å². The van der Waals surface area contributed by atoms with Gasteiger partial charge in [-0.1, -0.05) is 47.2 Å². The zero-order valence-corrected chi connectivity index (χ0v) is 21.9. The molecule has 0 aliphatic carbocycles. The first-order valence-electron chi connectivity index (χ1n) is 11.7. The normalized spacial score (nSPS) is 15.2. The van der Waals surface area contributed by atoms with E-state index in [4.69, 9.17) is 25.9 Å². The van der Waals surface area contributed by atoms with Gasteiger partial charge in [0.2, 0.25) is 0 Å². The van der Waals surface area contributed by atoms with Gasteiger partial charge in [0.25, 0.3) is 5.56 Å². The molecule has 4 aromatic rings. The van der Waals surface area contributed by atoms with Crippen LogP contribution in [0.2, 0.25) is 5.02 Å². The molecule has 0 amide bonds. The summed E-state index contributed by atoms with van der Waals surface area (Å²) in [6, 6.07) is 16.0. The van der Waals surface area contributed by atoms with Crippen LogP contribution in [0.15, 0.2) is 86.1 Å². The summed E-state index contributed by atoms with van der Waals surface area (Å²) in [5, 5.41) is 9.64. The van der Waals surface area contributed by atoms with Crippen molar-refractivity contribution >= 4 is 41.0 Å². The highest BCUT2D eigenvalue weighted by molar-refractivity contribution is 7.07. The molecule has 10 heteroatoms. The van der Waals surface area contributed by atoms with Crippen LogP contribution < -0.4 is 14.9 Å². The minimum absolute atomic E-state index is 0.175. The highest BCUT2D eigenvalue weighted by Crippen LogP contribution is 2.31. The summed E-state index contributed by atoms with van der Waals surface area (Å²) in [4.78, 5) is 42.7. The van der Waals surface area contributed by atoms with Crippen LogP contribution in [0.1, 0.15) is 41.6 Å². The number of carboxylic acids is 1. The van der Waals surface area contributed by atoms with Crippen LogP contribution in [0.3, 0.4) is 0 Å². The predicted octanol–water partition coefficient (Wildman–Crippen LogP) is 4.41. The van der Waals surface area contributed by atoms with Crippen molar-refractivity contribution < 1.29 is 23.8 Å². The zero-order chi connectivity index (χ0) is 27.0. The Morgan fingerprint density at radius 1 is 1.13 bits per heavy atom. The van der Waals surface area contributed by atoms with E-state index in [2.05, 4.69) is 4.99 Å². The Morgan fingerprint density at radius 3 is 2.50 bits per heavy atom. The number of hydrogen-bond acceptors (Lipinski definition) is 7. The Labute approximate surface area is 225 Å². The number of carboxylic acid groups (broad SMARTS) is 1. The number of fused-ring (bicyclic) bond motifs is 1. The van der Waals surface area contributed by atoms with Crippen molar-refractivity contribution in [2.45, 2.75) is 19.9 Å². The van der Waals surface area contributed by atoms with Crippen molar-refractivity contribution in [3.05, 3.63) is 114 Å². The molecule has 1 N–H and O–H groups in total. The quantitative estimate of drug-likeness (QED) is 0.357. The molecular weight excluding hydrogens is 528 g/mol. The Bertz CT molecular complexity index is 1760. The van der Waals surface area contributed by atoms with Gasteiger partial charge in [-0.15, -0.1) is 0 Å². The monoisotopic (exact) mass is 548 g/mol. The van der Waals surface area contributed by atoms with Gasteiger partial charge in [0.15, 0.2) is 4.80 Å². The number of nitrogens with zero attached hydrogens (tertiary/aromatic N) is 2. The summed E-state index contributed by atoms with van der Waals surface area (Å²) in [6.45, 7) is 3.63. The van der Waals surface area contributed by atoms with Crippen LogP contribution in [-0.4, -0.2) is 28.2 Å². The fourth-order valence-electron chi connectivity index (χ4n) is 4.24. The molecule has 1 atom stereocenters. The molecule has 1 unspecified atom stereocenters. The first-order chi connectivity index (χ1) is 18.3. The van der Waals surface area contributed by atoms with Crippen LogP contribution in [0.5, 0.6) is 0 Å². The molecule has 3 heterocycles. The first kappa shape index (κ1) is 25.4. The molecule has 0 bridgehead atoms. The predicted molar refractivity (Wildman–Crippen MR) is 143 cm³/mol. The SMILES string of the molecule is CCOC(=O)C1=C(C)N=c2s/c(=C\c3ccc(-c4ccc(C(=O)O)cc4)o3)c(=O)n2C1c1ccc(Cl)cc1. The van der Waals surface area contributed by atoms with E-state index in [0.29, 0.717) is 48.3 Å². The smallest absolute Gasteiger partial charge is 0.338 e. The third-order valence-corrected chi connectivity index (χ3v) is 7.25. The maximum absolute atomic E-state index is 13.7. The molecule has 0 radical (unpaired) electrons. The molecule has 38 heavy (non-hydrogen) atoms. The number of aromatic nitrogens is 1. The van der Waals surface area contributed by atoms with E-state index in [1.165, 1.54) is 28.0 Å². The van der Waals surface area contributed by atoms with Crippen molar-refractivity contribution in [2.24, 2.45) is 4.99 Å². The first-order valence-corrected chi connectivity index (χ1v) is 12.8. The van der Waals surface area contributed by atoms with Crippen LogP contribution in [0, 0.1) is 0 Å². The second-order valence-electron chi connectivity index (χ2n) is 8.44. The lowest BCUT2D eigenvalue weighted by atomic mass is 9.96. The maximum Gasteiger partial charge on any atom is 0.338 e. The van der Waals surface area contributed by atoms with E-state index >= 15 is 0 Å². The molecule has 0 spiro atoms. The minimum Gasteiger partial charge on any atom is -0.478 e. The number of hydrogen-bond donors (Lipinski definition) is 1. The van der Waals surface area contributed by atoms with Gasteiger partial charge in [-0.25, -0.2) is 14.6 Å². The molecule has 8 nitrogen and oxygen atoms in total. The summed E-state index contributed by atoms with van der Waals surface area (Å²) in [7, 11) is 0. The Hall–Kier alpha value is -4.21. The van der Waals surface area contributed by atoms with E-state index in [0.717, 1.165) is 0 Å². The number of ether oxygens (including phenoxy) is 1. The van der Waals surface area contributed by atoms with Gasteiger partial charge >= 0.3 is 11.9 Å². The van der Waals surface area contributed by atoms with Crippen molar-refractivity contribution in [2.75, 3.05) is 6.61 Å². The average Bonchev–Trinajstić information content (AvgIpc) is 3.48. The molecule has 2 aromatic heterocycles. The number of carbonyl (C=O) groups is 2. The number of esters is 1. The number of aromatic carboxylic acids is 1. The summed E-state index contributed by atoms with van der Waals surface area (Å²) >= 11 is 7.28. The lowest BCUT2D eigenvalue weighted by Gasteiger charge is -2.24. The van der Waals surface area contributed by atoms with E-state index in [-0.39, 0.29) is 17.7 Å². The number of furan rings is 1. The number of allylic oxidation sites excluding steroid dienone is 1. The second kappa shape index (κ2) is 10.3. The Morgan fingerprint density at radius 2 is 1.84 bits per heavy atom. The lowest BCUT2D eigenvalue weighted by molar-refractivity contribution is -0.139. The van der Waals surface area contributed by atoms with Gasteiger partial charge in [-0.3, -0.25) is 9.36 Å². The summed E-state index contributed by atoms with van der Waals surface area (Å²) in [5.41, 5.74) is 2.01. The van der Waals surface area contributed by atoms with Gasteiger partial charge in [-0.05, 0) is 55.8 Å². The van der Waals surface area contributed by atoms with E-state index in [1.54, 1.807) is 68.5 Å². The number of rotatable bonds is 6. The molecule has 192 valence electrons. The van der Waals surface area contributed by atoms with Crippen molar-refractivity contribution in [3.63, 3.8) is 0 Å². The number of thiazole rings is 1. The highest BCUT2D eigenvalue weighted by Gasteiger charge is 2.33. The van der Waals surface area contributed by atoms with Crippen LogP contribution in [0.4, 0.5) is 0 Å². The standard InChI is InChI=1S/C28H21ClN2O6S/c1-3-36-27(35)23-15(2)30-28-31(24(23)17-8-10-19(29)11-9-17)25(32)22(38-28)14-20-12-13-21(37-20)16-4-6-18(7-5-16)26(33)34/h4-14,24H,3H2,1-2H3,(H,33,34)/b22-14-. The summed E-state index contributed by atoms with van der Waals surface area (Å²) < 4.78 is 13.1. The van der Waals surface area contributed by atoms with E-state index in [9.17, 15) is 14.4 Å². The molecule has 1 aliphatic rings. The molecular formula is C28H21ClN2O6S. The lowest BCUT2D eigenvalue weighted by Crippen LogP contribution is -2.39. The van der Waals surface area contributed by atoms with Crippen molar-refractivity contribution in [1.82, 2.24) is 4.57 Å². The third kappa shape index (κ3) is 4.73. The number of carbonyl (C=O) groups excluding carboxylic acids is 1. The molecule has 5 rings (SSSR count). The van der Waals surface area contributed by atoms with Gasteiger partial charge in [0.1, 0.15) is 11.5 Å². The van der Waals surface area contributed by atoms with Crippen LogP contribution in [-0.2, 0) is 9.53 Å². The largest absolute Gasteiger partial charge is 0.478 e. The molecule has 0 saturated heterocycles. The molecule has 0 fully saturated rings. The van der Waals surface area contributed by atoms with Crippen molar-refractivity contribution in [1.29, 1.82) is 0 Å². The number of halogens is 1. The number of benzene rings is 2. The zero-order valence-electron chi connectivity index (χ0n) is 20.3. The third-order valence-electron chi connectivity index (χ3n) is 6.02. The van der Waals surface area contributed by atoms with Crippen molar-refractivity contribution in [3.8, 4) is 11.3 Å². The minimum atomic E-state index is -1.01. The Kier molecular flexibility index (Phi) is 6.88. The van der Waals surface area contributed by atoms with E-state index in [1.807, 2.05) is 0 Å². The van der Waals surface area contributed by atoms with Gasteiger partial charge < -0.3 is 14.3 Å². The van der Waals surface area contributed by atoms with E-state index < -0.39 is 18.0 Å². The molecule has 0 saturated carbocycles. The fraction of sp³-hybridized carbons (Fsp3) is 0.143. The second-order valence-corrected chi connectivity index (χ2v) is 9.88. The van der Waals surface area contributed by atoms with Gasteiger partial charge in [-0.2, -0.15) is 0 Å².